The number of esters is 1. The van der Waals surface area contributed by atoms with E-state index >= 15 is 0 Å². The summed E-state index contributed by atoms with van der Waals surface area (Å²) in [6.45, 7) is 10.2. The van der Waals surface area contributed by atoms with Gasteiger partial charge in [-0.05, 0) is 49.6 Å². The molecule has 232 valence electrons. The van der Waals surface area contributed by atoms with Gasteiger partial charge in [0.1, 0.15) is 23.0 Å². The topological polar surface area (TPSA) is 124 Å². The molecule has 0 aliphatic carbocycles. The molecule has 1 aliphatic heterocycles. The van der Waals surface area contributed by atoms with Crippen molar-refractivity contribution in [1.82, 2.24) is 4.98 Å². The standard InChI is InChI=1S/C33H36N2O8S/c1-6-9-17-42-24-14-13-21(19-25(24)40-5)27-26(28(36)22-11-10-12-23(18-22)41-15-7-2)29(37)31(38)35(27)33-34-20(4)30(44-33)32(39)43-16-8-3/h8,10-14,18-19,27,36H,3,6-7,9,15-17H2,1-2,4-5H3. The zero-order valence-corrected chi connectivity index (χ0v) is 26.1. The van der Waals surface area contributed by atoms with Crippen LogP contribution in [-0.2, 0) is 14.3 Å². The quantitative estimate of drug-likeness (QED) is 0.0545. The maximum Gasteiger partial charge on any atom is 0.350 e. The molecule has 2 heterocycles. The van der Waals surface area contributed by atoms with E-state index in [1.165, 1.54) is 18.1 Å². The monoisotopic (exact) mass is 620 g/mol. The lowest BCUT2D eigenvalue weighted by Gasteiger charge is -2.24. The van der Waals surface area contributed by atoms with Crippen LogP contribution in [0.4, 0.5) is 5.13 Å². The van der Waals surface area contributed by atoms with Gasteiger partial charge in [-0.1, -0.05) is 62.5 Å². The number of Topliss-reactive ketones (excluding diaryl/α,β-unsaturated/α-hetero) is 1. The number of thiazole rings is 1. The summed E-state index contributed by atoms with van der Waals surface area (Å²) in [6, 6.07) is 10.7. The summed E-state index contributed by atoms with van der Waals surface area (Å²) in [5.74, 6) is -1.41. The molecular formula is C33H36N2O8S. The number of methoxy groups -OCH3 is 1. The number of hydrogen-bond acceptors (Lipinski definition) is 10. The summed E-state index contributed by atoms with van der Waals surface area (Å²) in [6.07, 6.45) is 4.04. The fourth-order valence-electron chi connectivity index (χ4n) is 4.63. The Kier molecular flexibility index (Phi) is 10.8. The van der Waals surface area contributed by atoms with E-state index in [1.807, 2.05) is 6.92 Å². The Morgan fingerprint density at radius 3 is 2.59 bits per heavy atom. The van der Waals surface area contributed by atoms with E-state index in [1.54, 1.807) is 49.4 Å². The number of carbonyl (C=O) groups excluding carboxylic acids is 3. The average molecular weight is 621 g/mol. The highest BCUT2D eigenvalue weighted by Gasteiger charge is 2.48. The Balaban J connectivity index is 1.88. The molecular weight excluding hydrogens is 584 g/mol. The van der Waals surface area contributed by atoms with Gasteiger partial charge in [-0.3, -0.25) is 14.5 Å². The second-order valence-electron chi connectivity index (χ2n) is 9.96. The van der Waals surface area contributed by atoms with E-state index in [2.05, 4.69) is 18.5 Å². The summed E-state index contributed by atoms with van der Waals surface area (Å²) >= 11 is 0.920. The maximum absolute atomic E-state index is 13.7. The Labute approximate surface area is 260 Å². The third-order valence-electron chi connectivity index (χ3n) is 6.79. The van der Waals surface area contributed by atoms with Crippen molar-refractivity contribution in [3.05, 3.63) is 82.4 Å². The number of aromatic nitrogens is 1. The molecule has 1 atom stereocenters. The van der Waals surface area contributed by atoms with Crippen molar-refractivity contribution in [1.29, 1.82) is 0 Å². The van der Waals surface area contributed by atoms with Gasteiger partial charge in [0.05, 0.1) is 37.6 Å². The van der Waals surface area contributed by atoms with Gasteiger partial charge in [0.15, 0.2) is 16.6 Å². The number of unbranched alkanes of at least 4 members (excludes halogenated alkanes) is 1. The minimum absolute atomic E-state index is 0.00350. The Morgan fingerprint density at radius 1 is 1.09 bits per heavy atom. The molecule has 2 aromatic carbocycles. The molecule has 0 saturated carbocycles. The molecule has 4 rings (SSSR count). The van der Waals surface area contributed by atoms with E-state index in [0.717, 1.165) is 30.6 Å². The number of ether oxygens (including phenoxy) is 4. The molecule has 1 unspecified atom stereocenters. The lowest BCUT2D eigenvalue weighted by Crippen LogP contribution is -2.29. The van der Waals surface area contributed by atoms with Gasteiger partial charge in [0.2, 0.25) is 0 Å². The first-order valence-electron chi connectivity index (χ1n) is 14.4. The summed E-state index contributed by atoms with van der Waals surface area (Å²) in [7, 11) is 1.50. The van der Waals surface area contributed by atoms with Crippen molar-refractivity contribution in [2.24, 2.45) is 0 Å². The van der Waals surface area contributed by atoms with Gasteiger partial charge in [-0.25, -0.2) is 9.78 Å². The summed E-state index contributed by atoms with van der Waals surface area (Å²) < 4.78 is 22.4. The molecule has 0 radical (unpaired) electrons. The Bertz CT molecular complexity index is 1580. The number of benzene rings is 2. The summed E-state index contributed by atoms with van der Waals surface area (Å²) in [5, 5.41) is 11.7. The second-order valence-corrected chi connectivity index (χ2v) is 10.9. The number of hydrogen-bond donors (Lipinski definition) is 1. The molecule has 0 bridgehead atoms. The third kappa shape index (κ3) is 6.78. The normalized spacial score (nSPS) is 15.7. The predicted molar refractivity (Wildman–Crippen MR) is 168 cm³/mol. The number of carbonyl (C=O) groups is 3. The number of ketones is 1. The number of rotatable bonds is 14. The van der Waals surface area contributed by atoms with Crippen LogP contribution in [-0.4, -0.2) is 54.7 Å². The van der Waals surface area contributed by atoms with Crippen LogP contribution >= 0.6 is 11.3 Å². The number of aryl methyl sites for hydroxylation is 1. The summed E-state index contributed by atoms with van der Waals surface area (Å²) in [4.78, 5) is 45.9. The summed E-state index contributed by atoms with van der Waals surface area (Å²) in [5.41, 5.74) is 0.954. The highest BCUT2D eigenvalue weighted by molar-refractivity contribution is 7.17. The highest BCUT2D eigenvalue weighted by Crippen LogP contribution is 2.45. The molecule has 10 nitrogen and oxygen atoms in total. The Hall–Kier alpha value is -4.64. The van der Waals surface area contributed by atoms with Crippen molar-refractivity contribution >= 4 is 39.9 Å². The van der Waals surface area contributed by atoms with Crippen LogP contribution in [0.3, 0.4) is 0 Å². The van der Waals surface area contributed by atoms with Gasteiger partial charge in [0, 0.05) is 5.56 Å². The van der Waals surface area contributed by atoms with E-state index in [-0.39, 0.29) is 27.9 Å². The molecule has 3 aromatic rings. The molecule has 44 heavy (non-hydrogen) atoms. The van der Waals surface area contributed by atoms with Crippen LogP contribution in [0.25, 0.3) is 5.76 Å². The number of aliphatic hydroxyl groups excluding tert-OH is 1. The first-order chi connectivity index (χ1) is 21.2. The third-order valence-corrected chi connectivity index (χ3v) is 7.93. The van der Waals surface area contributed by atoms with Crippen molar-refractivity contribution in [3.8, 4) is 17.2 Å². The smallest absolute Gasteiger partial charge is 0.350 e. The minimum Gasteiger partial charge on any atom is -0.507 e. The van der Waals surface area contributed by atoms with Gasteiger partial charge in [0.25, 0.3) is 5.78 Å². The fraction of sp³-hybridized carbons (Fsp3) is 0.333. The van der Waals surface area contributed by atoms with Crippen LogP contribution in [0.15, 0.2) is 60.7 Å². The number of amides is 1. The fourth-order valence-corrected chi connectivity index (χ4v) is 5.62. The number of anilines is 1. The molecule has 1 N–H and O–H groups in total. The minimum atomic E-state index is -1.10. The lowest BCUT2D eigenvalue weighted by molar-refractivity contribution is -0.132. The van der Waals surface area contributed by atoms with E-state index in [4.69, 9.17) is 18.9 Å². The van der Waals surface area contributed by atoms with Crippen LogP contribution < -0.4 is 19.1 Å². The zero-order chi connectivity index (χ0) is 31.8. The van der Waals surface area contributed by atoms with Crippen molar-refractivity contribution < 1.29 is 38.4 Å². The molecule has 1 aromatic heterocycles. The second kappa shape index (κ2) is 14.7. The van der Waals surface area contributed by atoms with Gasteiger partial charge >= 0.3 is 11.9 Å². The Morgan fingerprint density at radius 2 is 1.89 bits per heavy atom. The molecule has 11 heteroatoms. The van der Waals surface area contributed by atoms with Gasteiger partial charge < -0.3 is 24.1 Å². The van der Waals surface area contributed by atoms with Crippen molar-refractivity contribution in [3.63, 3.8) is 0 Å². The number of nitrogens with zero attached hydrogens (tertiary/aromatic N) is 2. The van der Waals surface area contributed by atoms with Crippen molar-refractivity contribution in [2.45, 2.75) is 46.1 Å². The van der Waals surface area contributed by atoms with Gasteiger partial charge in [-0.2, -0.15) is 0 Å². The van der Waals surface area contributed by atoms with Gasteiger partial charge in [-0.15, -0.1) is 0 Å². The highest BCUT2D eigenvalue weighted by atomic mass is 32.1. The zero-order valence-electron chi connectivity index (χ0n) is 25.3. The molecule has 1 saturated heterocycles. The van der Waals surface area contributed by atoms with Crippen LogP contribution in [0.5, 0.6) is 17.2 Å². The molecule has 1 aliphatic rings. The van der Waals surface area contributed by atoms with E-state index in [0.29, 0.717) is 47.3 Å². The van der Waals surface area contributed by atoms with Crippen LogP contribution in [0.1, 0.15) is 65.6 Å². The first-order valence-corrected chi connectivity index (χ1v) is 15.2. The maximum atomic E-state index is 13.7. The van der Waals surface area contributed by atoms with E-state index < -0.39 is 23.7 Å². The molecule has 1 fully saturated rings. The van der Waals surface area contributed by atoms with Crippen LogP contribution in [0, 0.1) is 6.92 Å². The number of aliphatic hydroxyl groups is 1. The predicted octanol–water partition coefficient (Wildman–Crippen LogP) is 6.40. The molecule has 1 amide bonds. The molecule has 0 spiro atoms. The average Bonchev–Trinajstić information content (AvgIpc) is 3.54. The van der Waals surface area contributed by atoms with Crippen LogP contribution in [0.2, 0.25) is 0 Å². The lowest BCUT2D eigenvalue weighted by atomic mass is 9.95. The SMILES string of the molecule is C=CCOC(=O)c1sc(N2C(=O)C(=O)C(=C(O)c3cccc(OCCC)c3)C2c2ccc(OCCCC)c(OC)c2)nc1C. The largest absolute Gasteiger partial charge is 0.507 e. The van der Waals surface area contributed by atoms with Crippen molar-refractivity contribution in [2.75, 3.05) is 31.8 Å². The first kappa shape index (κ1) is 32.3. The van der Waals surface area contributed by atoms with E-state index in [9.17, 15) is 19.5 Å².